The third-order valence-electron chi connectivity index (χ3n) is 5.79. The quantitative estimate of drug-likeness (QED) is 0.318. The summed E-state index contributed by atoms with van der Waals surface area (Å²) in [6.07, 6.45) is 5.50. The highest BCUT2D eigenvalue weighted by Crippen LogP contribution is 2.24. The van der Waals surface area contributed by atoms with Gasteiger partial charge in [0, 0.05) is 30.5 Å². The van der Waals surface area contributed by atoms with Crippen molar-refractivity contribution in [1.29, 1.82) is 5.26 Å². The monoisotopic (exact) mass is 510 g/mol. The number of nitrogens with zero attached hydrogens (tertiary/aromatic N) is 6. The van der Waals surface area contributed by atoms with E-state index < -0.39 is 0 Å². The van der Waals surface area contributed by atoms with Gasteiger partial charge in [-0.05, 0) is 36.8 Å². The van der Waals surface area contributed by atoms with E-state index in [9.17, 15) is 4.79 Å². The van der Waals surface area contributed by atoms with Crippen molar-refractivity contribution in [2.75, 3.05) is 0 Å². The number of carbonyl (C=O) groups is 1. The molecule has 0 unspecified atom stereocenters. The van der Waals surface area contributed by atoms with Crippen LogP contribution in [-0.2, 0) is 13.1 Å². The molecule has 3 aromatic heterocycles. The van der Waals surface area contributed by atoms with Crippen molar-refractivity contribution in [2.45, 2.75) is 26.1 Å². The number of imidazole rings is 1. The fourth-order valence-electron chi connectivity index (χ4n) is 3.95. The van der Waals surface area contributed by atoms with E-state index in [0.29, 0.717) is 40.8 Å². The van der Waals surface area contributed by atoms with Crippen LogP contribution in [0.3, 0.4) is 0 Å². The van der Waals surface area contributed by atoms with E-state index in [4.69, 9.17) is 16.9 Å². The molecule has 2 N–H and O–H groups in total. The van der Waals surface area contributed by atoms with Crippen molar-refractivity contribution in [3.05, 3.63) is 101 Å². The molecule has 37 heavy (non-hydrogen) atoms. The third-order valence-corrected chi connectivity index (χ3v) is 6.10. The summed E-state index contributed by atoms with van der Waals surface area (Å²) in [5.41, 5.74) is 4.78. The number of aromatic nitrogens is 6. The number of carbonyl (C=O) groups excluding carboxylic acids is 1. The Morgan fingerprint density at radius 2 is 1.97 bits per heavy atom. The van der Waals surface area contributed by atoms with Gasteiger partial charge in [0.2, 0.25) is 0 Å². The second-order valence-corrected chi connectivity index (χ2v) is 9.09. The first-order chi connectivity index (χ1) is 18.0. The molecule has 1 amide bonds. The van der Waals surface area contributed by atoms with Gasteiger partial charge in [0.25, 0.3) is 5.91 Å². The third kappa shape index (κ3) is 5.60. The van der Waals surface area contributed by atoms with Crippen molar-refractivity contribution in [3.8, 4) is 28.7 Å². The van der Waals surface area contributed by atoms with Crippen LogP contribution in [-0.4, -0.2) is 41.5 Å². The molecule has 0 fully saturated rings. The lowest BCUT2D eigenvalue weighted by Crippen LogP contribution is -2.36. The number of amides is 1. The number of aromatic amines is 1. The van der Waals surface area contributed by atoms with Crippen molar-refractivity contribution in [1.82, 2.24) is 34.8 Å². The van der Waals surface area contributed by atoms with Crippen LogP contribution in [0, 0.1) is 11.3 Å². The Balaban J connectivity index is 1.19. The molecule has 2 aromatic carbocycles. The Hall–Kier alpha value is -4.68. The van der Waals surface area contributed by atoms with Gasteiger partial charge >= 0.3 is 0 Å². The van der Waals surface area contributed by atoms with Crippen molar-refractivity contribution < 1.29 is 4.79 Å². The molecule has 0 aliphatic heterocycles. The molecule has 0 aliphatic carbocycles. The van der Waals surface area contributed by atoms with E-state index in [-0.39, 0.29) is 11.9 Å². The summed E-state index contributed by atoms with van der Waals surface area (Å²) >= 11 is 6.14. The predicted molar refractivity (Wildman–Crippen MR) is 140 cm³/mol. The molecule has 10 heteroatoms. The molecule has 0 bridgehead atoms. The second-order valence-electron chi connectivity index (χ2n) is 8.69. The topological polar surface area (TPSA) is 117 Å². The van der Waals surface area contributed by atoms with Crippen LogP contribution in [0.1, 0.15) is 28.5 Å². The average molecular weight is 511 g/mol. The Kier molecular flexibility index (Phi) is 6.83. The summed E-state index contributed by atoms with van der Waals surface area (Å²) in [6, 6.07) is 20.7. The lowest BCUT2D eigenvalue weighted by molar-refractivity contribution is 0.0931. The molecule has 3 heterocycles. The van der Waals surface area contributed by atoms with Gasteiger partial charge in [-0.2, -0.15) is 15.5 Å². The van der Waals surface area contributed by atoms with E-state index in [0.717, 1.165) is 11.3 Å². The van der Waals surface area contributed by atoms with Crippen LogP contribution < -0.4 is 5.32 Å². The number of nitriles is 1. The van der Waals surface area contributed by atoms with E-state index >= 15 is 0 Å². The fraction of sp³-hybridized carbons (Fsp3) is 0.148. The zero-order chi connectivity index (χ0) is 25.8. The van der Waals surface area contributed by atoms with Crippen LogP contribution in [0.15, 0.2) is 79.4 Å². The van der Waals surface area contributed by atoms with Gasteiger partial charge in [-0.15, -0.1) is 0 Å². The average Bonchev–Trinajstić information content (AvgIpc) is 3.66. The Morgan fingerprint density at radius 3 is 2.76 bits per heavy atom. The molecule has 5 rings (SSSR count). The molecule has 1 atom stereocenters. The Labute approximate surface area is 218 Å². The van der Waals surface area contributed by atoms with Gasteiger partial charge in [-0.25, -0.2) is 4.98 Å². The first kappa shape index (κ1) is 24.0. The number of halogens is 1. The Morgan fingerprint density at radius 1 is 1.14 bits per heavy atom. The minimum absolute atomic E-state index is 0.193. The number of hydrogen-bond donors (Lipinski definition) is 2. The standard InChI is InChI=1S/C27H23ClN8O/c1-18(14-36-10-9-23(34-36)20-7-8-21(13-29)22(28)11-20)31-27(37)25-12-24(32-33-25)26-16-35(17-30-26)15-19-5-3-2-4-6-19/h2-12,16-18H,14-15H2,1H3,(H,31,37)(H,32,33)/t18-/m0/s1. The predicted octanol–water partition coefficient (Wildman–Crippen LogP) is 4.53. The van der Waals surface area contributed by atoms with E-state index in [1.807, 2.05) is 60.3 Å². The molecular formula is C27H23ClN8O. The largest absolute Gasteiger partial charge is 0.346 e. The summed E-state index contributed by atoms with van der Waals surface area (Å²) in [5, 5.41) is 24.0. The van der Waals surface area contributed by atoms with Gasteiger partial charge in [0.15, 0.2) is 0 Å². The van der Waals surface area contributed by atoms with Crippen LogP contribution in [0.2, 0.25) is 5.02 Å². The van der Waals surface area contributed by atoms with E-state index in [1.54, 1.807) is 29.2 Å². The van der Waals surface area contributed by atoms with Gasteiger partial charge in [-0.1, -0.05) is 48.0 Å². The summed E-state index contributed by atoms with van der Waals surface area (Å²) < 4.78 is 3.73. The van der Waals surface area contributed by atoms with Gasteiger partial charge in [-0.3, -0.25) is 14.6 Å². The van der Waals surface area contributed by atoms with Crippen LogP contribution in [0.5, 0.6) is 0 Å². The lowest BCUT2D eigenvalue weighted by Gasteiger charge is -2.13. The Bertz CT molecular complexity index is 1580. The zero-order valence-corrected chi connectivity index (χ0v) is 20.7. The zero-order valence-electron chi connectivity index (χ0n) is 20.0. The van der Waals surface area contributed by atoms with E-state index in [1.165, 1.54) is 5.56 Å². The molecule has 0 aliphatic rings. The minimum Gasteiger partial charge on any atom is -0.346 e. The number of benzene rings is 2. The second kappa shape index (κ2) is 10.5. The number of H-pyrrole nitrogens is 1. The molecule has 184 valence electrons. The summed E-state index contributed by atoms with van der Waals surface area (Å²) in [7, 11) is 0. The van der Waals surface area contributed by atoms with Crippen LogP contribution in [0.4, 0.5) is 0 Å². The molecule has 5 aromatic rings. The number of nitrogens with one attached hydrogen (secondary N) is 2. The molecule has 0 radical (unpaired) electrons. The van der Waals surface area contributed by atoms with Crippen LogP contribution in [0.25, 0.3) is 22.6 Å². The summed E-state index contributed by atoms with van der Waals surface area (Å²) in [4.78, 5) is 17.2. The molecule has 0 spiro atoms. The fourth-order valence-corrected chi connectivity index (χ4v) is 4.18. The molecule has 0 saturated heterocycles. The number of rotatable bonds is 8. The van der Waals surface area contributed by atoms with Crippen molar-refractivity contribution in [2.24, 2.45) is 0 Å². The summed E-state index contributed by atoms with van der Waals surface area (Å²) in [5.74, 6) is -0.263. The molecule has 9 nitrogen and oxygen atoms in total. The maximum Gasteiger partial charge on any atom is 0.269 e. The van der Waals surface area contributed by atoms with Crippen LogP contribution >= 0.6 is 11.6 Å². The van der Waals surface area contributed by atoms with Crippen molar-refractivity contribution >= 4 is 17.5 Å². The minimum atomic E-state index is -0.263. The lowest BCUT2D eigenvalue weighted by atomic mass is 10.1. The smallest absolute Gasteiger partial charge is 0.269 e. The highest BCUT2D eigenvalue weighted by molar-refractivity contribution is 6.32. The SMILES string of the molecule is C[C@@H](Cn1ccc(-c2ccc(C#N)c(Cl)c2)n1)NC(=O)c1cc(-c2cn(Cc3ccccc3)cn2)n[nH]1. The highest BCUT2D eigenvalue weighted by atomic mass is 35.5. The molecular weight excluding hydrogens is 488 g/mol. The van der Waals surface area contributed by atoms with Gasteiger partial charge in [0.05, 0.1) is 29.2 Å². The maximum absolute atomic E-state index is 12.8. The maximum atomic E-state index is 12.8. The van der Waals surface area contributed by atoms with Gasteiger partial charge < -0.3 is 9.88 Å². The summed E-state index contributed by atoms with van der Waals surface area (Å²) in [6.45, 7) is 3.08. The number of hydrogen-bond acceptors (Lipinski definition) is 5. The molecule has 0 saturated carbocycles. The first-order valence-electron chi connectivity index (χ1n) is 11.6. The van der Waals surface area contributed by atoms with E-state index in [2.05, 4.69) is 37.7 Å². The van der Waals surface area contributed by atoms with Crippen molar-refractivity contribution in [3.63, 3.8) is 0 Å². The normalized spacial score (nSPS) is 11.7. The first-order valence-corrected chi connectivity index (χ1v) is 12.0. The highest BCUT2D eigenvalue weighted by Gasteiger charge is 2.16. The van der Waals surface area contributed by atoms with Gasteiger partial charge in [0.1, 0.15) is 23.2 Å².